The van der Waals surface area contributed by atoms with Crippen LogP contribution in [0.25, 0.3) is 0 Å². The van der Waals surface area contributed by atoms with E-state index >= 15 is 0 Å². The molecule has 24 heavy (non-hydrogen) atoms. The lowest BCUT2D eigenvalue weighted by atomic mass is 9.80. The minimum absolute atomic E-state index is 0.147. The van der Waals surface area contributed by atoms with Crippen molar-refractivity contribution < 1.29 is 9.53 Å². The SMILES string of the molecule is O=C(Cc1ccsc1)N1CCCC2(COCCN(CC3CC3)C2)C1. The van der Waals surface area contributed by atoms with Crippen molar-refractivity contribution in [2.45, 2.75) is 32.1 Å². The minimum atomic E-state index is 0.147. The summed E-state index contributed by atoms with van der Waals surface area (Å²) in [6, 6.07) is 2.06. The van der Waals surface area contributed by atoms with Gasteiger partial charge in [0.15, 0.2) is 0 Å². The number of likely N-dealkylation sites (tertiary alicyclic amines) is 1. The number of hydrogen-bond donors (Lipinski definition) is 0. The molecule has 0 aromatic carbocycles. The topological polar surface area (TPSA) is 32.8 Å². The van der Waals surface area contributed by atoms with Gasteiger partial charge in [-0.15, -0.1) is 0 Å². The number of carbonyl (C=O) groups excluding carboxylic acids is 1. The maximum atomic E-state index is 12.7. The molecule has 5 heteroatoms. The molecule has 1 atom stereocenters. The normalized spacial score (nSPS) is 28.9. The van der Waals surface area contributed by atoms with Crippen molar-refractivity contribution in [3.8, 4) is 0 Å². The first-order valence-corrected chi connectivity index (χ1v) is 10.3. The largest absolute Gasteiger partial charge is 0.379 e. The summed E-state index contributed by atoms with van der Waals surface area (Å²) in [5.41, 5.74) is 1.30. The number of piperidine rings is 1. The number of rotatable bonds is 4. The summed E-state index contributed by atoms with van der Waals surface area (Å²) in [6.07, 6.45) is 5.64. The van der Waals surface area contributed by atoms with Gasteiger partial charge in [-0.05, 0) is 54.0 Å². The number of thiophene rings is 1. The van der Waals surface area contributed by atoms with Crippen LogP contribution in [0.2, 0.25) is 0 Å². The average Bonchev–Trinajstić information content (AvgIpc) is 3.29. The Balaban J connectivity index is 1.40. The molecular formula is C19H28N2O2S. The highest BCUT2D eigenvalue weighted by molar-refractivity contribution is 7.07. The fourth-order valence-electron chi connectivity index (χ4n) is 4.25. The van der Waals surface area contributed by atoms with E-state index in [0.717, 1.165) is 57.3 Å². The van der Waals surface area contributed by atoms with Gasteiger partial charge in [-0.1, -0.05) is 0 Å². The molecule has 1 saturated carbocycles. The van der Waals surface area contributed by atoms with Crippen LogP contribution in [0.4, 0.5) is 0 Å². The van der Waals surface area contributed by atoms with E-state index in [1.807, 2.05) is 0 Å². The summed E-state index contributed by atoms with van der Waals surface area (Å²) in [7, 11) is 0. The van der Waals surface area contributed by atoms with Gasteiger partial charge in [0.1, 0.15) is 0 Å². The molecule has 132 valence electrons. The second kappa shape index (κ2) is 7.14. The molecule has 3 heterocycles. The third-order valence-corrected chi connectivity index (χ3v) is 6.41. The van der Waals surface area contributed by atoms with Gasteiger partial charge in [-0.3, -0.25) is 4.79 Å². The molecular weight excluding hydrogens is 320 g/mol. The first-order valence-electron chi connectivity index (χ1n) is 9.31. The number of ether oxygens (including phenoxy) is 1. The Morgan fingerprint density at radius 3 is 3.04 bits per heavy atom. The van der Waals surface area contributed by atoms with Crippen molar-refractivity contribution in [2.24, 2.45) is 11.3 Å². The van der Waals surface area contributed by atoms with Crippen LogP contribution in [0.5, 0.6) is 0 Å². The number of amides is 1. The Bertz CT molecular complexity index is 558. The molecule has 2 aliphatic heterocycles. The van der Waals surface area contributed by atoms with Crippen molar-refractivity contribution >= 4 is 17.2 Å². The smallest absolute Gasteiger partial charge is 0.227 e. The lowest BCUT2D eigenvalue weighted by Gasteiger charge is -2.43. The van der Waals surface area contributed by atoms with Gasteiger partial charge in [0.25, 0.3) is 0 Å². The molecule has 1 aromatic rings. The maximum Gasteiger partial charge on any atom is 0.227 e. The van der Waals surface area contributed by atoms with E-state index in [-0.39, 0.29) is 11.3 Å². The Hall–Kier alpha value is -0.910. The lowest BCUT2D eigenvalue weighted by Crippen LogP contribution is -2.52. The highest BCUT2D eigenvalue weighted by Gasteiger charge is 2.41. The summed E-state index contributed by atoms with van der Waals surface area (Å²) in [5, 5.41) is 4.14. The van der Waals surface area contributed by atoms with Gasteiger partial charge in [-0.25, -0.2) is 0 Å². The molecule has 4 rings (SSSR count). The third-order valence-electron chi connectivity index (χ3n) is 5.68. The number of nitrogens with zero attached hydrogens (tertiary/aromatic N) is 2. The summed E-state index contributed by atoms with van der Waals surface area (Å²) in [4.78, 5) is 17.4. The molecule has 1 spiro atoms. The van der Waals surface area contributed by atoms with E-state index in [9.17, 15) is 4.79 Å². The number of hydrogen-bond acceptors (Lipinski definition) is 4. The summed E-state index contributed by atoms with van der Waals surface area (Å²) < 4.78 is 5.98. The Kier molecular flexibility index (Phi) is 4.93. The highest BCUT2D eigenvalue weighted by Crippen LogP contribution is 2.36. The molecule has 4 nitrogen and oxygen atoms in total. The second-order valence-electron chi connectivity index (χ2n) is 7.96. The van der Waals surface area contributed by atoms with Gasteiger partial charge < -0.3 is 14.5 Å². The van der Waals surface area contributed by atoms with Crippen LogP contribution < -0.4 is 0 Å². The zero-order valence-corrected chi connectivity index (χ0v) is 15.2. The van der Waals surface area contributed by atoms with Crippen molar-refractivity contribution in [3.63, 3.8) is 0 Å². The van der Waals surface area contributed by atoms with Crippen molar-refractivity contribution in [1.82, 2.24) is 9.80 Å². The summed E-state index contributed by atoms with van der Waals surface area (Å²) in [6.45, 7) is 6.83. The molecule has 0 radical (unpaired) electrons. The van der Waals surface area contributed by atoms with E-state index in [0.29, 0.717) is 6.42 Å². The predicted octanol–water partition coefficient (Wildman–Crippen LogP) is 2.64. The van der Waals surface area contributed by atoms with Crippen LogP contribution in [0, 0.1) is 11.3 Å². The highest BCUT2D eigenvalue weighted by atomic mass is 32.1. The van der Waals surface area contributed by atoms with E-state index in [1.165, 1.54) is 25.8 Å². The van der Waals surface area contributed by atoms with E-state index < -0.39 is 0 Å². The molecule has 1 aliphatic carbocycles. The van der Waals surface area contributed by atoms with Gasteiger partial charge in [0.05, 0.1) is 19.6 Å². The Morgan fingerprint density at radius 1 is 1.33 bits per heavy atom. The molecule has 3 aliphatic rings. The zero-order chi connectivity index (χ0) is 16.4. The first-order chi connectivity index (χ1) is 11.7. The monoisotopic (exact) mass is 348 g/mol. The van der Waals surface area contributed by atoms with Crippen LogP contribution in [0.3, 0.4) is 0 Å². The fourth-order valence-corrected chi connectivity index (χ4v) is 4.92. The second-order valence-corrected chi connectivity index (χ2v) is 8.74. The third kappa shape index (κ3) is 4.01. The average molecular weight is 349 g/mol. The summed E-state index contributed by atoms with van der Waals surface area (Å²) >= 11 is 1.67. The molecule has 0 bridgehead atoms. The molecule has 1 unspecified atom stereocenters. The van der Waals surface area contributed by atoms with Gasteiger partial charge >= 0.3 is 0 Å². The maximum absolute atomic E-state index is 12.7. The predicted molar refractivity (Wildman–Crippen MR) is 96.3 cm³/mol. The standard InChI is InChI=1S/C19H28N2O2S/c22-18(10-17-4-9-24-12-17)21-6-1-5-19(14-21)13-20(7-8-23-15-19)11-16-2-3-16/h4,9,12,16H,1-3,5-8,10-11,13-15H2. The van der Waals surface area contributed by atoms with Crippen LogP contribution in [-0.4, -0.2) is 61.6 Å². The Morgan fingerprint density at radius 2 is 2.25 bits per heavy atom. The van der Waals surface area contributed by atoms with E-state index in [4.69, 9.17) is 4.74 Å². The van der Waals surface area contributed by atoms with E-state index in [1.54, 1.807) is 11.3 Å². The quantitative estimate of drug-likeness (QED) is 0.839. The first kappa shape index (κ1) is 16.6. The lowest BCUT2D eigenvalue weighted by molar-refractivity contribution is -0.135. The van der Waals surface area contributed by atoms with Gasteiger partial charge in [0, 0.05) is 38.1 Å². The van der Waals surface area contributed by atoms with Crippen LogP contribution >= 0.6 is 11.3 Å². The summed E-state index contributed by atoms with van der Waals surface area (Å²) in [5.74, 6) is 1.20. The molecule has 1 amide bonds. The Labute approximate surface area is 148 Å². The van der Waals surface area contributed by atoms with Crippen molar-refractivity contribution in [2.75, 3.05) is 45.9 Å². The van der Waals surface area contributed by atoms with Crippen LogP contribution in [0.15, 0.2) is 16.8 Å². The van der Waals surface area contributed by atoms with Crippen LogP contribution in [0.1, 0.15) is 31.2 Å². The van der Waals surface area contributed by atoms with Crippen molar-refractivity contribution in [3.05, 3.63) is 22.4 Å². The van der Waals surface area contributed by atoms with E-state index in [2.05, 4.69) is 26.6 Å². The molecule has 1 aromatic heterocycles. The van der Waals surface area contributed by atoms with Gasteiger partial charge in [-0.2, -0.15) is 11.3 Å². The van der Waals surface area contributed by atoms with Crippen LogP contribution in [-0.2, 0) is 16.0 Å². The molecule has 0 N–H and O–H groups in total. The van der Waals surface area contributed by atoms with Crippen molar-refractivity contribution in [1.29, 1.82) is 0 Å². The minimum Gasteiger partial charge on any atom is -0.379 e. The fraction of sp³-hybridized carbons (Fsp3) is 0.737. The molecule has 3 fully saturated rings. The zero-order valence-electron chi connectivity index (χ0n) is 14.4. The number of carbonyl (C=O) groups is 1. The van der Waals surface area contributed by atoms with Gasteiger partial charge in [0.2, 0.25) is 5.91 Å². The molecule has 2 saturated heterocycles.